The van der Waals surface area contributed by atoms with Gasteiger partial charge in [-0.25, -0.2) is 8.42 Å². The molecule has 0 radical (unpaired) electrons. The quantitative estimate of drug-likeness (QED) is 0.654. The van der Waals surface area contributed by atoms with Crippen LogP contribution < -0.4 is 10.0 Å². The van der Waals surface area contributed by atoms with E-state index in [9.17, 15) is 8.42 Å². The van der Waals surface area contributed by atoms with Crippen molar-refractivity contribution >= 4 is 27.0 Å². The third kappa shape index (κ3) is 3.78. The summed E-state index contributed by atoms with van der Waals surface area (Å²) in [4.78, 5) is 0.266. The lowest BCUT2D eigenvalue weighted by Crippen LogP contribution is -2.16. The first kappa shape index (κ1) is 16.4. The highest BCUT2D eigenvalue weighted by molar-refractivity contribution is 7.92. The predicted molar refractivity (Wildman–Crippen MR) is 99.1 cm³/mol. The molecule has 25 heavy (non-hydrogen) atoms. The van der Waals surface area contributed by atoms with Gasteiger partial charge in [-0.15, -0.1) is 0 Å². The van der Waals surface area contributed by atoms with Gasteiger partial charge in [0.1, 0.15) is 5.76 Å². The summed E-state index contributed by atoms with van der Waals surface area (Å²) in [6.07, 6.45) is 4.04. The summed E-state index contributed by atoms with van der Waals surface area (Å²) in [7, 11) is -3.61. The van der Waals surface area contributed by atoms with Crippen molar-refractivity contribution in [1.82, 2.24) is 5.32 Å². The van der Waals surface area contributed by atoms with Crippen molar-refractivity contribution in [2.75, 3.05) is 4.72 Å². The standard InChI is InChI=1S/C18H18N2O3S2/c21-25(22,15-7-9-24-12-15)20-17-6-3-13(11-19-14-4-5-14)10-16(17)18-2-1-8-23-18/h1-3,6-10,12,14,19-20H,4-5,11H2. The zero-order valence-electron chi connectivity index (χ0n) is 13.4. The number of anilines is 1. The molecule has 1 saturated carbocycles. The van der Waals surface area contributed by atoms with E-state index in [1.54, 1.807) is 35.2 Å². The van der Waals surface area contributed by atoms with Gasteiger partial charge in [0.05, 0.1) is 16.8 Å². The molecule has 5 nitrogen and oxygen atoms in total. The van der Waals surface area contributed by atoms with Crippen LogP contribution in [-0.4, -0.2) is 14.5 Å². The number of furan rings is 1. The summed E-state index contributed by atoms with van der Waals surface area (Å²) in [5.41, 5.74) is 2.34. The molecule has 1 fully saturated rings. The molecule has 0 saturated heterocycles. The fourth-order valence-electron chi connectivity index (χ4n) is 2.58. The second-order valence-electron chi connectivity index (χ2n) is 6.08. The van der Waals surface area contributed by atoms with Gasteiger partial charge in [-0.1, -0.05) is 6.07 Å². The molecule has 7 heteroatoms. The van der Waals surface area contributed by atoms with Crippen molar-refractivity contribution in [3.05, 3.63) is 59.0 Å². The molecular weight excluding hydrogens is 356 g/mol. The van der Waals surface area contributed by atoms with Crippen molar-refractivity contribution in [2.45, 2.75) is 30.3 Å². The van der Waals surface area contributed by atoms with Gasteiger partial charge in [-0.2, -0.15) is 11.3 Å². The van der Waals surface area contributed by atoms with Crippen LogP contribution in [0.25, 0.3) is 11.3 Å². The Labute approximate surface area is 150 Å². The van der Waals surface area contributed by atoms with Crippen LogP contribution >= 0.6 is 11.3 Å². The summed E-state index contributed by atoms with van der Waals surface area (Å²) in [5, 5.41) is 6.83. The van der Waals surface area contributed by atoms with Gasteiger partial charge in [-0.3, -0.25) is 4.72 Å². The minimum atomic E-state index is -3.61. The minimum absolute atomic E-state index is 0.266. The van der Waals surface area contributed by atoms with Crippen LogP contribution in [0.1, 0.15) is 18.4 Å². The number of sulfonamides is 1. The smallest absolute Gasteiger partial charge is 0.262 e. The Morgan fingerprint density at radius 1 is 1.20 bits per heavy atom. The first-order chi connectivity index (χ1) is 12.1. The molecule has 0 aliphatic heterocycles. The number of nitrogens with one attached hydrogen (secondary N) is 2. The third-order valence-corrected chi connectivity index (χ3v) is 6.29. The van der Waals surface area contributed by atoms with E-state index < -0.39 is 10.0 Å². The maximum absolute atomic E-state index is 12.5. The SMILES string of the molecule is O=S(=O)(Nc1ccc(CNC2CC2)cc1-c1ccco1)c1ccsc1. The molecule has 0 unspecified atom stereocenters. The second-order valence-corrected chi connectivity index (χ2v) is 8.54. The Bertz CT molecular complexity index is 944. The van der Waals surface area contributed by atoms with Crippen LogP contribution in [0.2, 0.25) is 0 Å². The van der Waals surface area contributed by atoms with Crippen LogP contribution in [0, 0.1) is 0 Å². The number of hydrogen-bond donors (Lipinski definition) is 2. The van der Waals surface area contributed by atoms with E-state index >= 15 is 0 Å². The molecule has 0 amide bonds. The van der Waals surface area contributed by atoms with E-state index in [4.69, 9.17) is 4.42 Å². The Balaban J connectivity index is 1.66. The monoisotopic (exact) mass is 374 g/mol. The summed E-state index contributed by atoms with van der Waals surface area (Å²) in [5.74, 6) is 0.635. The van der Waals surface area contributed by atoms with E-state index in [0.29, 0.717) is 17.5 Å². The molecule has 3 aromatic rings. The average Bonchev–Trinajstić information content (AvgIpc) is 3.07. The molecule has 0 bridgehead atoms. The Morgan fingerprint density at radius 2 is 2.08 bits per heavy atom. The third-order valence-electron chi connectivity index (χ3n) is 4.09. The lowest BCUT2D eigenvalue weighted by molar-refractivity contribution is 0.582. The first-order valence-electron chi connectivity index (χ1n) is 8.07. The first-order valence-corrected chi connectivity index (χ1v) is 10.5. The van der Waals surface area contributed by atoms with Crippen LogP contribution in [0.15, 0.2) is 62.7 Å². The summed E-state index contributed by atoms with van der Waals surface area (Å²) in [6, 6.07) is 11.5. The van der Waals surface area contributed by atoms with Gasteiger partial charge >= 0.3 is 0 Å². The molecule has 1 aliphatic rings. The molecule has 4 rings (SSSR count). The maximum Gasteiger partial charge on any atom is 0.262 e. The van der Waals surface area contributed by atoms with Gasteiger partial charge < -0.3 is 9.73 Å². The van der Waals surface area contributed by atoms with E-state index in [2.05, 4.69) is 10.0 Å². The maximum atomic E-state index is 12.5. The van der Waals surface area contributed by atoms with Crippen molar-refractivity contribution in [1.29, 1.82) is 0 Å². The molecule has 130 valence electrons. The fraction of sp³-hybridized carbons (Fsp3) is 0.222. The summed E-state index contributed by atoms with van der Waals surface area (Å²) < 4.78 is 33.3. The van der Waals surface area contributed by atoms with Crippen LogP contribution in [0.4, 0.5) is 5.69 Å². The van der Waals surface area contributed by atoms with Gasteiger partial charge in [0.15, 0.2) is 0 Å². The number of hydrogen-bond acceptors (Lipinski definition) is 5. The molecule has 2 N–H and O–H groups in total. The van der Waals surface area contributed by atoms with Crippen molar-refractivity contribution in [3.8, 4) is 11.3 Å². The Kier molecular flexibility index (Phi) is 4.37. The molecule has 1 aliphatic carbocycles. The highest BCUT2D eigenvalue weighted by Crippen LogP contribution is 2.32. The Hall–Kier alpha value is -2.09. The molecule has 2 heterocycles. The van der Waals surface area contributed by atoms with E-state index in [1.165, 1.54) is 24.2 Å². The van der Waals surface area contributed by atoms with Gasteiger partial charge in [-0.05, 0) is 54.1 Å². The van der Waals surface area contributed by atoms with E-state index in [-0.39, 0.29) is 4.90 Å². The van der Waals surface area contributed by atoms with Gasteiger partial charge in [0.25, 0.3) is 10.0 Å². The lowest BCUT2D eigenvalue weighted by atomic mass is 10.1. The predicted octanol–water partition coefficient (Wildman–Crippen LogP) is 4.06. The van der Waals surface area contributed by atoms with Gasteiger partial charge in [0, 0.05) is 23.5 Å². The topological polar surface area (TPSA) is 71.3 Å². The number of benzene rings is 1. The average molecular weight is 374 g/mol. The molecular formula is C18H18N2O3S2. The van der Waals surface area contributed by atoms with Crippen molar-refractivity contribution in [3.63, 3.8) is 0 Å². The Morgan fingerprint density at radius 3 is 2.76 bits per heavy atom. The molecule has 0 spiro atoms. The van der Waals surface area contributed by atoms with E-state index in [1.807, 2.05) is 18.2 Å². The highest BCUT2D eigenvalue weighted by atomic mass is 32.2. The summed E-state index contributed by atoms with van der Waals surface area (Å²) in [6.45, 7) is 0.760. The second kappa shape index (κ2) is 6.67. The normalized spacial score (nSPS) is 14.6. The van der Waals surface area contributed by atoms with Crippen LogP contribution in [0.5, 0.6) is 0 Å². The fourth-order valence-corrected chi connectivity index (χ4v) is 4.69. The van der Waals surface area contributed by atoms with Crippen LogP contribution in [0.3, 0.4) is 0 Å². The number of thiophene rings is 1. The van der Waals surface area contributed by atoms with Crippen molar-refractivity contribution < 1.29 is 12.8 Å². The number of rotatable bonds is 7. The zero-order valence-corrected chi connectivity index (χ0v) is 15.1. The molecule has 2 aromatic heterocycles. The largest absolute Gasteiger partial charge is 0.464 e. The molecule has 1 aromatic carbocycles. The highest BCUT2D eigenvalue weighted by Gasteiger charge is 2.21. The zero-order chi connectivity index (χ0) is 17.3. The van der Waals surface area contributed by atoms with E-state index in [0.717, 1.165) is 17.7 Å². The van der Waals surface area contributed by atoms with Crippen LogP contribution in [-0.2, 0) is 16.6 Å². The molecule has 0 atom stereocenters. The van der Waals surface area contributed by atoms with Gasteiger partial charge in [0.2, 0.25) is 0 Å². The van der Waals surface area contributed by atoms with Crippen molar-refractivity contribution in [2.24, 2.45) is 0 Å². The summed E-state index contributed by atoms with van der Waals surface area (Å²) >= 11 is 1.35. The lowest BCUT2D eigenvalue weighted by Gasteiger charge is -2.13. The minimum Gasteiger partial charge on any atom is -0.464 e.